The number of halogens is 1. The first-order valence-corrected chi connectivity index (χ1v) is 8.09. The number of carbonyl (C=O) groups is 1. The maximum atomic E-state index is 14.0. The third-order valence-electron chi connectivity index (χ3n) is 4.61. The van der Waals surface area contributed by atoms with Crippen LogP contribution in [0.2, 0.25) is 0 Å². The summed E-state index contributed by atoms with van der Waals surface area (Å²) in [4.78, 5) is 12.0. The van der Waals surface area contributed by atoms with E-state index in [1.807, 2.05) is 30.3 Å². The Kier molecular flexibility index (Phi) is 4.81. The van der Waals surface area contributed by atoms with Crippen molar-refractivity contribution >= 4 is 6.03 Å². The molecule has 1 saturated carbocycles. The molecule has 1 aliphatic rings. The van der Waals surface area contributed by atoms with E-state index in [0.717, 1.165) is 24.0 Å². The van der Waals surface area contributed by atoms with Crippen LogP contribution >= 0.6 is 0 Å². The van der Waals surface area contributed by atoms with Crippen molar-refractivity contribution in [2.24, 2.45) is 0 Å². The fraction of sp³-hybridized carbons (Fsp3) is 0.316. The SMILES string of the molecule is O=C(NCc1ccccc1CO)NCC1(c2ccccc2F)CC1. The summed E-state index contributed by atoms with van der Waals surface area (Å²) in [7, 11) is 0. The molecule has 2 amide bonds. The number of nitrogens with one attached hydrogen (secondary N) is 2. The van der Waals surface area contributed by atoms with Gasteiger partial charge >= 0.3 is 6.03 Å². The maximum Gasteiger partial charge on any atom is 0.315 e. The van der Waals surface area contributed by atoms with Crippen molar-refractivity contribution in [3.63, 3.8) is 0 Å². The van der Waals surface area contributed by atoms with E-state index in [2.05, 4.69) is 10.6 Å². The topological polar surface area (TPSA) is 61.4 Å². The second kappa shape index (κ2) is 7.01. The van der Waals surface area contributed by atoms with Crippen LogP contribution in [0.5, 0.6) is 0 Å². The van der Waals surface area contributed by atoms with Crippen LogP contribution in [0.3, 0.4) is 0 Å². The molecular weight excluding hydrogens is 307 g/mol. The van der Waals surface area contributed by atoms with Crippen molar-refractivity contribution in [1.29, 1.82) is 0 Å². The number of benzene rings is 2. The van der Waals surface area contributed by atoms with E-state index in [4.69, 9.17) is 0 Å². The summed E-state index contributed by atoms with van der Waals surface area (Å²) < 4.78 is 14.0. The van der Waals surface area contributed by atoms with Crippen molar-refractivity contribution in [3.05, 3.63) is 71.0 Å². The Labute approximate surface area is 140 Å². The molecule has 5 heteroatoms. The molecule has 0 saturated heterocycles. The molecule has 0 bridgehead atoms. The van der Waals surface area contributed by atoms with Crippen molar-refractivity contribution in [2.45, 2.75) is 31.4 Å². The van der Waals surface area contributed by atoms with Crippen LogP contribution in [0.4, 0.5) is 9.18 Å². The Balaban J connectivity index is 1.54. The van der Waals surface area contributed by atoms with Gasteiger partial charge in [-0.1, -0.05) is 42.5 Å². The molecule has 0 spiro atoms. The standard InChI is InChI=1S/C19H21FN2O2/c20-17-8-4-3-7-16(17)19(9-10-19)13-22-18(24)21-11-14-5-1-2-6-15(14)12-23/h1-8,23H,9-13H2,(H2,21,22,24). The van der Waals surface area contributed by atoms with E-state index in [-0.39, 0.29) is 23.9 Å². The van der Waals surface area contributed by atoms with Crippen LogP contribution in [-0.2, 0) is 18.6 Å². The Hall–Kier alpha value is -2.40. The van der Waals surface area contributed by atoms with Crippen LogP contribution in [0.25, 0.3) is 0 Å². The van der Waals surface area contributed by atoms with Crippen molar-refractivity contribution in [1.82, 2.24) is 10.6 Å². The molecule has 3 rings (SSSR count). The zero-order chi connectivity index (χ0) is 17.0. The summed E-state index contributed by atoms with van der Waals surface area (Å²) in [6.07, 6.45) is 1.75. The number of aliphatic hydroxyl groups is 1. The lowest BCUT2D eigenvalue weighted by Gasteiger charge is -2.18. The van der Waals surface area contributed by atoms with Gasteiger partial charge in [0, 0.05) is 18.5 Å². The number of aliphatic hydroxyl groups excluding tert-OH is 1. The zero-order valence-corrected chi connectivity index (χ0v) is 13.4. The van der Waals surface area contributed by atoms with Crippen LogP contribution in [0.15, 0.2) is 48.5 Å². The van der Waals surface area contributed by atoms with Crippen LogP contribution < -0.4 is 10.6 Å². The number of amides is 2. The Morgan fingerprint density at radius 1 is 1.04 bits per heavy atom. The Morgan fingerprint density at radius 3 is 2.38 bits per heavy atom. The highest BCUT2D eigenvalue weighted by Gasteiger charge is 2.45. The van der Waals surface area contributed by atoms with Gasteiger partial charge in [0.25, 0.3) is 0 Å². The van der Waals surface area contributed by atoms with Gasteiger partial charge in [-0.3, -0.25) is 0 Å². The number of hydrogen-bond acceptors (Lipinski definition) is 2. The molecule has 4 nitrogen and oxygen atoms in total. The molecule has 1 aliphatic carbocycles. The molecule has 24 heavy (non-hydrogen) atoms. The minimum Gasteiger partial charge on any atom is -0.392 e. The quantitative estimate of drug-likeness (QED) is 0.763. The van der Waals surface area contributed by atoms with E-state index in [1.54, 1.807) is 12.1 Å². The monoisotopic (exact) mass is 328 g/mol. The minimum absolute atomic E-state index is 0.0597. The number of urea groups is 1. The number of hydrogen-bond donors (Lipinski definition) is 3. The van der Waals surface area contributed by atoms with Gasteiger partial charge in [0.15, 0.2) is 0 Å². The molecule has 1 fully saturated rings. The average molecular weight is 328 g/mol. The lowest BCUT2D eigenvalue weighted by Crippen LogP contribution is -2.39. The molecule has 0 radical (unpaired) electrons. The smallest absolute Gasteiger partial charge is 0.315 e. The molecule has 0 atom stereocenters. The Bertz CT molecular complexity index is 729. The van der Waals surface area contributed by atoms with Gasteiger partial charge in [0.05, 0.1) is 6.61 Å². The molecular formula is C19H21FN2O2. The molecule has 0 aliphatic heterocycles. The fourth-order valence-electron chi connectivity index (χ4n) is 2.96. The van der Waals surface area contributed by atoms with E-state index < -0.39 is 0 Å². The number of carbonyl (C=O) groups excluding carboxylic acids is 1. The van der Waals surface area contributed by atoms with Gasteiger partial charge < -0.3 is 15.7 Å². The third kappa shape index (κ3) is 3.57. The van der Waals surface area contributed by atoms with E-state index in [9.17, 15) is 14.3 Å². The fourth-order valence-corrected chi connectivity index (χ4v) is 2.96. The first kappa shape index (κ1) is 16.5. The van der Waals surface area contributed by atoms with Gasteiger partial charge in [-0.2, -0.15) is 0 Å². The second-order valence-corrected chi connectivity index (χ2v) is 6.22. The largest absolute Gasteiger partial charge is 0.392 e. The van der Waals surface area contributed by atoms with E-state index in [0.29, 0.717) is 18.7 Å². The number of rotatable bonds is 6. The van der Waals surface area contributed by atoms with Gasteiger partial charge in [0.2, 0.25) is 0 Å². The maximum absolute atomic E-state index is 14.0. The molecule has 0 aromatic heterocycles. The van der Waals surface area contributed by atoms with Gasteiger partial charge in [-0.05, 0) is 35.6 Å². The third-order valence-corrected chi connectivity index (χ3v) is 4.61. The normalized spacial score (nSPS) is 14.9. The molecule has 126 valence electrons. The first-order chi connectivity index (χ1) is 11.6. The molecule has 2 aromatic rings. The summed E-state index contributed by atoms with van der Waals surface area (Å²) in [6, 6.07) is 13.9. The van der Waals surface area contributed by atoms with Crippen molar-refractivity contribution in [2.75, 3.05) is 6.54 Å². The second-order valence-electron chi connectivity index (χ2n) is 6.22. The highest BCUT2D eigenvalue weighted by molar-refractivity contribution is 5.74. The summed E-state index contributed by atoms with van der Waals surface area (Å²) in [5.41, 5.74) is 2.08. The molecule has 0 heterocycles. The van der Waals surface area contributed by atoms with Gasteiger partial charge in [-0.15, -0.1) is 0 Å². The lowest BCUT2D eigenvalue weighted by molar-refractivity contribution is 0.239. The van der Waals surface area contributed by atoms with E-state index in [1.165, 1.54) is 6.07 Å². The highest BCUT2D eigenvalue weighted by Crippen LogP contribution is 2.48. The van der Waals surface area contributed by atoms with Crippen molar-refractivity contribution in [3.8, 4) is 0 Å². The zero-order valence-electron chi connectivity index (χ0n) is 13.4. The highest BCUT2D eigenvalue weighted by atomic mass is 19.1. The lowest BCUT2D eigenvalue weighted by atomic mass is 9.95. The van der Waals surface area contributed by atoms with Crippen molar-refractivity contribution < 1.29 is 14.3 Å². The minimum atomic E-state index is -0.287. The molecule has 2 aromatic carbocycles. The first-order valence-electron chi connectivity index (χ1n) is 8.09. The van der Waals surface area contributed by atoms with Crippen LogP contribution in [0.1, 0.15) is 29.5 Å². The summed E-state index contributed by atoms with van der Waals surface area (Å²) in [6.45, 7) is 0.701. The molecule has 3 N–H and O–H groups in total. The van der Waals surface area contributed by atoms with Crippen LogP contribution in [0, 0.1) is 5.82 Å². The van der Waals surface area contributed by atoms with Gasteiger partial charge in [0.1, 0.15) is 5.82 Å². The van der Waals surface area contributed by atoms with Crippen LogP contribution in [-0.4, -0.2) is 17.7 Å². The predicted molar refractivity (Wildman–Crippen MR) is 89.9 cm³/mol. The predicted octanol–water partition coefficient (Wildman–Crippen LogP) is 2.85. The van der Waals surface area contributed by atoms with Gasteiger partial charge in [-0.25, -0.2) is 9.18 Å². The average Bonchev–Trinajstić information content (AvgIpc) is 3.40. The summed E-state index contributed by atoms with van der Waals surface area (Å²) >= 11 is 0. The summed E-state index contributed by atoms with van der Waals surface area (Å²) in [5.74, 6) is -0.214. The summed E-state index contributed by atoms with van der Waals surface area (Å²) in [5, 5.41) is 14.9. The molecule has 0 unspecified atom stereocenters. The Morgan fingerprint density at radius 2 is 1.71 bits per heavy atom. The van der Waals surface area contributed by atoms with E-state index >= 15 is 0 Å².